The average molecular weight is 477 g/mol. The maximum absolute atomic E-state index is 12.9. The number of nitrogens with one attached hydrogen (secondary N) is 1. The van der Waals surface area contributed by atoms with Crippen LogP contribution in [0.15, 0.2) is 47.4 Å². The Morgan fingerprint density at radius 3 is 2.28 bits per heavy atom. The van der Waals surface area contributed by atoms with E-state index in [4.69, 9.17) is 34.8 Å². The number of hydrogen-bond acceptors (Lipinski definition) is 4. The van der Waals surface area contributed by atoms with Crippen molar-refractivity contribution in [1.29, 1.82) is 0 Å². The minimum atomic E-state index is -3.72. The Balaban J connectivity index is 1.52. The van der Waals surface area contributed by atoms with Crippen molar-refractivity contribution < 1.29 is 13.2 Å². The van der Waals surface area contributed by atoms with Gasteiger partial charge in [-0.2, -0.15) is 4.31 Å². The van der Waals surface area contributed by atoms with Crippen LogP contribution in [0, 0.1) is 0 Å². The van der Waals surface area contributed by atoms with Crippen LogP contribution in [-0.4, -0.2) is 56.3 Å². The van der Waals surface area contributed by atoms with E-state index < -0.39 is 10.0 Å². The van der Waals surface area contributed by atoms with Gasteiger partial charge in [-0.25, -0.2) is 8.42 Å². The minimum absolute atomic E-state index is 0.0132. The number of rotatable bonds is 6. The molecule has 1 aliphatic rings. The summed E-state index contributed by atoms with van der Waals surface area (Å²) in [5, 5.41) is 3.51. The topological polar surface area (TPSA) is 69.7 Å². The Labute approximate surface area is 185 Å². The van der Waals surface area contributed by atoms with Crippen molar-refractivity contribution >= 4 is 56.4 Å². The Morgan fingerprint density at radius 2 is 1.59 bits per heavy atom. The number of carbonyl (C=O) groups excluding carboxylic acids is 1. The molecule has 0 aliphatic carbocycles. The molecule has 1 amide bonds. The molecule has 0 spiro atoms. The van der Waals surface area contributed by atoms with E-state index in [2.05, 4.69) is 10.2 Å². The van der Waals surface area contributed by atoms with Crippen molar-refractivity contribution in [3.8, 4) is 0 Å². The fourth-order valence-corrected chi connectivity index (χ4v) is 5.39. The van der Waals surface area contributed by atoms with Crippen LogP contribution in [-0.2, 0) is 14.8 Å². The van der Waals surface area contributed by atoms with Gasteiger partial charge in [-0.3, -0.25) is 4.79 Å². The second kappa shape index (κ2) is 9.64. The van der Waals surface area contributed by atoms with Crippen LogP contribution >= 0.6 is 34.8 Å². The van der Waals surface area contributed by atoms with Crippen LogP contribution in [0.4, 0.5) is 5.69 Å². The smallest absolute Gasteiger partial charge is 0.244 e. The third-order valence-electron chi connectivity index (χ3n) is 4.67. The third-order valence-corrected chi connectivity index (χ3v) is 7.87. The summed E-state index contributed by atoms with van der Waals surface area (Å²) in [4.78, 5) is 14.2. The number of hydrogen-bond donors (Lipinski definition) is 1. The number of anilines is 1. The molecule has 0 bridgehead atoms. The van der Waals surface area contributed by atoms with Crippen LogP contribution in [0.1, 0.15) is 6.42 Å². The first-order valence-electron chi connectivity index (χ1n) is 9.00. The normalized spacial score (nSPS) is 16.0. The molecule has 1 N–H and O–H groups in total. The lowest BCUT2D eigenvalue weighted by Crippen LogP contribution is -2.49. The van der Waals surface area contributed by atoms with Gasteiger partial charge in [-0.05, 0) is 24.3 Å². The van der Waals surface area contributed by atoms with Gasteiger partial charge in [0.25, 0.3) is 0 Å². The molecule has 10 heteroatoms. The summed E-state index contributed by atoms with van der Waals surface area (Å²) in [7, 11) is -3.72. The Kier molecular flexibility index (Phi) is 7.42. The van der Waals surface area contributed by atoms with Gasteiger partial charge in [0.1, 0.15) is 4.90 Å². The van der Waals surface area contributed by atoms with Crippen molar-refractivity contribution in [2.75, 3.05) is 38.0 Å². The number of piperazine rings is 1. The van der Waals surface area contributed by atoms with Crippen molar-refractivity contribution in [3.05, 3.63) is 57.5 Å². The highest BCUT2D eigenvalue weighted by atomic mass is 35.5. The van der Waals surface area contributed by atoms with Crippen molar-refractivity contribution in [2.45, 2.75) is 11.3 Å². The highest BCUT2D eigenvalue weighted by molar-refractivity contribution is 7.89. The molecule has 0 saturated carbocycles. The molecule has 2 aromatic carbocycles. The number of amides is 1. The van der Waals surface area contributed by atoms with Gasteiger partial charge in [0.05, 0.1) is 20.8 Å². The summed E-state index contributed by atoms with van der Waals surface area (Å²) in [6, 6.07) is 11.6. The van der Waals surface area contributed by atoms with Crippen molar-refractivity contribution in [3.63, 3.8) is 0 Å². The summed E-state index contributed by atoms with van der Waals surface area (Å²) in [5.74, 6) is -0.140. The Hall–Kier alpha value is -1.35. The summed E-state index contributed by atoms with van der Waals surface area (Å²) < 4.78 is 27.1. The first-order chi connectivity index (χ1) is 13.8. The molecule has 2 aromatic rings. The minimum Gasteiger partial charge on any atom is -0.325 e. The van der Waals surface area contributed by atoms with Crippen LogP contribution in [0.5, 0.6) is 0 Å². The largest absolute Gasteiger partial charge is 0.325 e. The Bertz CT molecular complexity index is 993. The van der Waals surface area contributed by atoms with Gasteiger partial charge in [0.15, 0.2) is 0 Å². The summed E-state index contributed by atoms with van der Waals surface area (Å²) in [6.07, 6.45) is 0.290. The van der Waals surface area contributed by atoms with E-state index >= 15 is 0 Å². The monoisotopic (exact) mass is 475 g/mol. The van der Waals surface area contributed by atoms with Crippen molar-refractivity contribution in [1.82, 2.24) is 9.21 Å². The van der Waals surface area contributed by atoms with E-state index in [1.54, 1.807) is 36.4 Å². The molecular weight excluding hydrogens is 457 g/mol. The fraction of sp³-hybridized carbons (Fsp3) is 0.316. The molecule has 29 heavy (non-hydrogen) atoms. The van der Waals surface area contributed by atoms with Crippen LogP contribution in [0.25, 0.3) is 0 Å². The summed E-state index contributed by atoms with van der Waals surface area (Å²) in [6.45, 7) is 2.21. The summed E-state index contributed by atoms with van der Waals surface area (Å²) >= 11 is 18.1. The zero-order chi connectivity index (χ0) is 21.0. The zero-order valence-corrected chi connectivity index (χ0v) is 18.5. The van der Waals surface area contributed by atoms with Crippen LogP contribution in [0.3, 0.4) is 0 Å². The van der Waals surface area contributed by atoms with E-state index in [1.165, 1.54) is 10.4 Å². The molecule has 156 valence electrons. The van der Waals surface area contributed by atoms with Gasteiger partial charge >= 0.3 is 0 Å². The average Bonchev–Trinajstić information content (AvgIpc) is 2.70. The molecule has 0 atom stereocenters. The third kappa shape index (κ3) is 5.42. The lowest BCUT2D eigenvalue weighted by molar-refractivity contribution is -0.116. The van der Waals surface area contributed by atoms with E-state index in [1.807, 2.05) is 0 Å². The molecule has 0 radical (unpaired) electrons. The molecule has 1 heterocycles. The SMILES string of the molecule is O=C(CCN1CCN(S(=O)(=O)c2cccc(Cl)c2Cl)CC1)Nc1ccccc1Cl. The number of sulfonamides is 1. The molecular formula is C19H20Cl3N3O3S. The van der Waals surface area contributed by atoms with Gasteiger partial charge in [-0.15, -0.1) is 0 Å². The first-order valence-corrected chi connectivity index (χ1v) is 11.6. The molecule has 3 rings (SSSR count). The highest BCUT2D eigenvalue weighted by Gasteiger charge is 2.30. The second-order valence-corrected chi connectivity index (χ2v) is 9.67. The van der Waals surface area contributed by atoms with E-state index in [0.717, 1.165) is 0 Å². The van der Waals surface area contributed by atoms with Crippen LogP contribution < -0.4 is 5.32 Å². The quantitative estimate of drug-likeness (QED) is 0.684. The predicted octanol–water partition coefficient (Wildman–Crippen LogP) is 3.98. The maximum atomic E-state index is 12.9. The number of halogens is 3. The summed E-state index contributed by atoms with van der Waals surface area (Å²) in [5.41, 5.74) is 0.577. The standard InChI is InChI=1S/C19H20Cl3N3O3S/c20-14-4-1-2-6-16(14)23-18(26)8-9-24-10-12-25(13-11-24)29(27,28)17-7-3-5-15(21)19(17)22/h1-7H,8-13H2,(H,23,26). The van der Waals surface area contributed by atoms with Gasteiger partial charge in [0, 0.05) is 39.1 Å². The Morgan fingerprint density at radius 1 is 0.931 bits per heavy atom. The first kappa shape index (κ1) is 22.3. The molecule has 1 saturated heterocycles. The van der Waals surface area contributed by atoms with Gasteiger partial charge in [0.2, 0.25) is 15.9 Å². The number of carbonyl (C=O) groups is 1. The lowest BCUT2D eigenvalue weighted by atomic mass is 10.3. The van der Waals surface area contributed by atoms with E-state index in [0.29, 0.717) is 43.4 Å². The zero-order valence-electron chi connectivity index (χ0n) is 15.4. The van der Waals surface area contributed by atoms with E-state index in [9.17, 15) is 13.2 Å². The van der Waals surface area contributed by atoms with Crippen molar-refractivity contribution in [2.24, 2.45) is 0 Å². The predicted molar refractivity (Wildman–Crippen MR) is 116 cm³/mol. The molecule has 6 nitrogen and oxygen atoms in total. The van der Waals surface area contributed by atoms with Gasteiger partial charge in [-0.1, -0.05) is 53.0 Å². The van der Waals surface area contributed by atoms with E-state index in [-0.39, 0.29) is 27.3 Å². The van der Waals surface area contributed by atoms with Gasteiger partial charge < -0.3 is 10.2 Å². The highest BCUT2D eigenvalue weighted by Crippen LogP contribution is 2.31. The van der Waals surface area contributed by atoms with Crippen LogP contribution in [0.2, 0.25) is 15.1 Å². The molecule has 0 aromatic heterocycles. The fourth-order valence-electron chi connectivity index (χ4n) is 3.05. The maximum Gasteiger partial charge on any atom is 0.244 e. The molecule has 0 unspecified atom stereocenters. The number of para-hydroxylation sites is 1. The second-order valence-electron chi connectivity index (χ2n) is 6.58. The lowest BCUT2D eigenvalue weighted by Gasteiger charge is -2.34. The molecule has 1 aliphatic heterocycles. The molecule has 1 fully saturated rings. The number of benzene rings is 2. The number of nitrogens with zero attached hydrogens (tertiary/aromatic N) is 2.